The third-order valence-corrected chi connectivity index (χ3v) is 5.26. The average Bonchev–Trinajstić information content (AvgIpc) is 3.17. The normalized spacial score (nSPS) is 24.7. The summed E-state index contributed by atoms with van der Waals surface area (Å²) in [5.41, 5.74) is 1.24. The van der Waals surface area contributed by atoms with Crippen LogP contribution in [0, 0.1) is 5.92 Å². The molecule has 5 heteroatoms. The Balaban J connectivity index is 1.50. The number of likely N-dealkylation sites (tertiary alicyclic amines) is 1. The highest BCUT2D eigenvalue weighted by Crippen LogP contribution is 2.26. The Kier molecular flexibility index (Phi) is 5.63. The van der Waals surface area contributed by atoms with E-state index in [4.69, 9.17) is 14.5 Å². The average molecular weight is 310 g/mol. The molecule has 2 aliphatic rings. The minimum Gasteiger partial charge on any atom is -0.350 e. The predicted molar refractivity (Wildman–Crippen MR) is 84.4 cm³/mol. The van der Waals surface area contributed by atoms with Gasteiger partial charge in [0.05, 0.1) is 23.9 Å². The summed E-state index contributed by atoms with van der Waals surface area (Å²) < 4.78 is 11.4. The van der Waals surface area contributed by atoms with Crippen molar-refractivity contribution >= 4 is 11.3 Å². The molecule has 0 aromatic carbocycles. The fourth-order valence-corrected chi connectivity index (χ4v) is 4.03. The Hall–Kier alpha value is -0.490. The number of unbranched alkanes of at least 4 members (excludes halogenated alkanes) is 1. The highest BCUT2D eigenvalue weighted by molar-refractivity contribution is 7.09. The van der Waals surface area contributed by atoms with Gasteiger partial charge >= 0.3 is 0 Å². The Bertz CT molecular complexity index is 432. The maximum absolute atomic E-state index is 5.68. The van der Waals surface area contributed by atoms with Crippen molar-refractivity contribution in [2.45, 2.75) is 51.9 Å². The summed E-state index contributed by atoms with van der Waals surface area (Å²) in [5.74, 6) is 0.527. The number of piperidine rings is 1. The Morgan fingerprint density at radius 2 is 2.24 bits per heavy atom. The first-order valence-electron chi connectivity index (χ1n) is 8.24. The monoisotopic (exact) mass is 310 g/mol. The number of hydrogen-bond acceptors (Lipinski definition) is 5. The van der Waals surface area contributed by atoms with Crippen LogP contribution < -0.4 is 0 Å². The number of rotatable bonds is 6. The van der Waals surface area contributed by atoms with Gasteiger partial charge in [0, 0.05) is 24.4 Å². The van der Waals surface area contributed by atoms with Crippen LogP contribution in [-0.4, -0.2) is 42.5 Å². The highest BCUT2D eigenvalue weighted by atomic mass is 32.1. The first kappa shape index (κ1) is 15.4. The molecule has 1 aromatic rings. The first-order valence-corrected chi connectivity index (χ1v) is 9.12. The lowest BCUT2D eigenvalue weighted by Crippen LogP contribution is -2.40. The molecule has 0 aliphatic carbocycles. The van der Waals surface area contributed by atoms with Gasteiger partial charge in [0.1, 0.15) is 0 Å². The van der Waals surface area contributed by atoms with Gasteiger partial charge in [-0.25, -0.2) is 4.98 Å². The van der Waals surface area contributed by atoms with Crippen LogP contribution in [-0.2, 0) is 22.4 Å². The molecule has 0 amide bonds. The summed E-state index contributed by atoms with van der Waals surface area (Å²) in [6, 6.07) is 0. The minimum atomic E-state index is 0.0309. The fraction of sp³-hybridized carbons (Fsp3) is 0.812. The van der Waals surface area contributed by atoms with Crippen LogP contribution in [0.25, 0.3) is 0 Å². The lowest BCUT2D eigenvalue weighted by molar-refractivity contribution is -0.101. The van der Waals surface area contributed by atoms with Crippen LogP contribution in [0.5, 0.6) is 0 Å². The maximum atomic E-state index is 5.68. The van der Waals surface area contributed by atoms with E-state index in [0.29, 0.717) is 5.92 Å². The zero-order chi connectivity index (χ0) is 14.5. The molecule has 118 valence electrons. The molecule has 2 aliphatic heterocycles. The van der Waals surface area contributed by atoms with Crippen LogP contribution in [0.3, 0.4) is 0 Å². The van der Waals surface area contributed by atoms with Crippen molar-refractivity contribution in [2.24, 2.45) is 5.92 Å². The fourth-order valence-electron chi connectivity index (χ4n) is 3.20. The van der Waals surface area contributed by atoms with Gasteiger partial charge in [-0.05, 0) is 32.2 Å². The second-order valence-electron chi connectivity index (χ2n) is 6.08. The molecule has 1 atom stereocenters. The Morgan fingerprint density at radius 3 is 3.05 bits per heavy atom. The summed E-state index contributed by atoms with van der Waals surface area (Å²) >= 11 is 1.82. The molecule has 3 rings (SSSR count). The van der Waals surface area contributed by atoms with Crippen LogP contribution in [0.4, 0.5) is 0 Å². The SMILES string of the molecule is CCCCc1nc(CN2CCC[C@H](C3OCCO3)C2)cs1. The van der Waals surface area contributed by atoms with Crippen molar-refractivity contribution in [3.8, 4) is 0 Å². The maximum Gasteiger partial charge on any atom is 0.161 e. The van der Waals surface area contributed by atoms with Crippen molar-refractivity contribution in [3.63, 3.8) is 0 Å². The van der Waals surface area contributed by atoms with Crippen LogP contribution >= 0.6 is 11.3 Å². The molecule has 0 saturated carbocycles. The number of hydrogen-bond donors (Lipinski definition) is 0. The van der Waals surface area contributed by atoms with Gasteiger partial charge in [-0.1, -0.05) is 13.3 Å². The molecule has 1 aromatic heterocycles. The molecule has 0 spiro atoms. The quantitative estimate of drug-likeness (QED) is 0.809. The van der Waals surface area contributed by atoms with Crippen LogP contribution in [0.1, 0.15) is 43.3 Å². The zero-order valence-corrected chi connectivity index (χ0v) is 13.7. The van der Waals surface area contributed by atoms with Gasteiger partial charge < -0.3 is 9.47 Å². The van der Waals surface area contributed by atoms with Crippen LogP contribution in [0.2, 0.25) is 0 Å². The summed E-state index contributed by atoms with van der Waals surface area (Å²) in [6.07, 6.45) is 6.11. The van der Waals surface area contributed by atoms with E-state index in [9.17, 15) is 0 Å². The molecule has 2 fully saturated rings. The van der Waals surface area contributed by atoms with E-state index in [0.717, 1.165) is 32.7 Å². The lowest BCUT2D eigenvalue weighted by atomic mass is 9.97. The molecule has 3 heterocycles. The molecular weight excluding hydrogens is 284 g/mol. The molecule has 0 bridgehead atoms. The van der Waals surface area contributed by atoms with Crippen molar-refractivity contribution in [1.82, 2.24) is 9.88 Å². The summed E-state index contributed by atoms with van der Waals surface area (Å²) in [5, 5.41) is 3.53. The molecule has 0 N–H and O–H groups in total. The molecular formula is C16H26N2O2S. The number of aryl methyl sites for hydroxylation is 1. The first-order chi connectivity index (χ1) is 10.3. The minimum absolute atomic E-state index is 0.0309. The van der Waals surface area contributed by atoms with Crippen molar-refractivity contribution in [1.29, 1.82) is 0 Å². The molecule has 0 radical (unpaired) electrons. The summed E-state index contributed by atoms with van der Waals surface area (Å²) in [7, 11) is 0. The van der Waals surface area contributed by atoms with Crippen LogP contribution in [0.15, 0.2) is 5.38 Å². The molecule has 4 nitrogen and oxygen atoms in total. The number of aromatic nitrogens is 1. The largest absolute Gasteiger partial charge is 0.350 e. The van der Waals surface area contributed by atoms with Gasteiger partial charge in [0.25, 0.3) is 0 Å². The van der Waals surface area contributed by atoms with E-state index in [1.54, 1.807) is 0 Å². The standard InChI is InChI=1S/C16H26N2O2S/c1-2-3-6-15-17-14(12-21-15)11-18-7-4-5-13(10-18)16-19-8-9-20-16/h12-13,16H,2-11H2,1H3/t13-/m0/s1. The predicted octanol–water partition coefficient (Wildman–Crippen LogP) is 3.07. The number of ether oxygens (including phenoxy) is 2. The molecule has 21 heavy (non-hydrogen) atoms. The molecule has 2 saturated heterocycles. The Labute approximate surface area is 131 Å². The Morgan fingerprint density at radius 1 is 1.38 bits per heavy atom. The third-order valence-electron chi connectivity index (χ3n) is 4.30. The zero-order valence-electron chi connectivity index (χ0n) is 12.9. The van der Waals surface area contributed by atoms with E-state index in [1.165, 1.54) is 42.9 Å². The third kappa shape index (κ3) is 4.25. The van der Waals surface area contributed by atoms with Crippen molar-refractivity contribution < 1.29 is 9.47 Å². The smallest absolute Gasteiger partial charge is 0.161 e. The molecule has 0 unspecified atom stereocenters. The van der Waals surface area contributed by atoms with E-state index in [2.05, 4.69) is 17.2 Å². The van der Waals surface area contributed by atoms with E-state index < -0.39 is 0 Å². The van der Waals surface area contributed by atoms with Gasteiger partial charge in [0.15, 0.2) is 6.29 Å². The van der Waals surface area contributed by atoms with Crippen molar-refractivity contribution in [2.75, 3.05) is 26.3 Å². The summed E-state index contributed by atoms with van der Waals surface area (Å²) in [6.45, 7) is 6.97. The van der Waals surface area contributed by atoms with Gasteiger partial charge in [-0.3, -0.25) is 4.90 Å². The summed E-state index contributed by atoms with van der Waals surface area (Å²) in [4.78, 5) is 7.29. The van der Waals surface area contributed by atoms with E-state index >= 15 is 0 Å². The lowest BCUT2D eigenvalue weighted by Gasteiger charge is -2.34. The van der Waals surface area contributed by atoms with Gasteiger partial charge in [0.2, 0.25) is 0 Å². The van der Waals surface area contributed by atoms with Crippen molar-refractivity contribution in [3.05, 3.63) is 16.1 Å². The second kappa shape index (κ2) is 7.68. The topological polar surface area (TPSA) is 34.6 Å². The van der Waals surface area contributed by atoms with E-state index in [-0.39, 0.29) is 6.29 Å². The highest BCUT2D eigenvalue weighted by Gasteiger charge is 2.31. The second-order valence-corrected chi connectivity index (χ2v) is 7.03. The van der Waals surface area contributed by atoms with Gasteiger partial charge in [-0.15, -0.1) is 11.3 Å². The number of nitrogens with zero attached hydrogens (tertiary/aromatic N) is 2. The van der Waals surface area contributed by atoms with E-state index in [1.807, 2.05) is 11.3 Å². The number of thiazole rings is 1. The van der Waals surface area contributed by atoms with Gasteiger partial charge in [-0.2, -0.15) is 0 Å².